The highest BCUT2D eigenvalue weighted by atomic mass is 15.1. The van der Waals surface area contributed by atoms with Gasteiger partial charge >= 0.3 is 0 Å². The predicted molar refractivity (Wildman–Crippen MR) is 56.9 cm³/mol. The zero-order valence-corrected chi connectivity index (χ0v) is 8.51. The van der Waals surface area contributed by atoms with Crippen LogP contribution in [0, 0.1) is 0 Å². The van der Waals surface area contributed by atoms with E-state index < -0.39 is 0 Å². The van der Waals surface area contributed by atoms with Gasteiger partial charge in [0.2, 0.25) is 0 Å². The average molecular weight is 175 g/mol. The van der Waals surface area contributed by atoms with Crippen LogP contribution in [0.15, 0.2) is 18.2 Å². The molecule has 0 fully saturated rings. The van der Waals surface area contributed by atoms with Crippen LogP contribution in [0.1, 0.15) is 19.4 Å². The van der Waals surface area contributed by atoms with Crippen LogP contribution in [0.4, 0.5) is 0 Å². The first-order valence-electron chi connectivity index (χ1n) is 5.20. The van der Waals surface area contributed by atoms with E-state index in [0.29, 0.717) is 0 Å². The zero-order chi connectivity index (χ0) is 9.26. The van der Waals surface area contributed by atoms with Gasteiger partial charge in [-0.15, -0.1) is 0 Å². The van der Waals surface area contributed by atoms with Crippen molar-refractivity contribution in [2.75, 3.05) is 19.6 Å². The summed E-state index contributed by atoms with van der Waals surface area (Å²) in [6.45, 7) is 8.00. The maximum Gasteiger partial charge on any atom is 0.00218 e. The predicted octanol–water partition coefficient (Wildman–Crippen LogP) is 2.55. The van der Waals surface area contributed by atoms with Crippen LogP contribution >= 0.6 is 0 Å². The standard InChI is InChI=1S/C12H17N/c1-3-13(4-2)8-7-10-5-6-11-9-12(10)11/h5-6,9H,3-4,7-8H2,1-2H3. The Morgan fingerprint density at radius 1 is 1.15 bits per heavy atom. The molecule has 0 aromatic rings. The molecule has 1 heteroatoms. The lowest BCUT2D eigenvalue weighted by molar-refractivity contribution is 0.308. The first-order chi connectivity index (χ1) is 6.35. The van der Waals surface area contributed by atoms with Gasteiger partial charge in [0.05, 0.1) is 0 Å². The van der Waals surface area contributed by atoms with Gasteiger partial charge in [-0.3, -0.25) is 0 Å². The Kier molecular flexibility index (Phi) is 2.36. The summed E-state index contributed by atoms with van der Waals surface area (Å²) in [6.07, 6.45) is 1.22. The molecular formula is C12H17N. The molecule has 0 aliphatic heterocycles. The molecule has 70 valence electrons. The monoisotopic (exact) mass is 175 g/mol. The Bertz CT molecular complexity index is 300. The van der Waals surface area contributed by atoms with Gasteiger partial charge in [-0.1, -0.05) is 26.0 Å². The van der Waals surface area contributed by atoms with Crippen LogP contribution in [-0.4, -0.2) is 24.5 Å². The first-order valence-corrected chi connectivity index (χ1v) is 5.20. The van der Waals surface area contributed by atoms with Crippen molar-refractivity contribution in [3.63, 3.8) is 0 Å². The fourth-order valence-corrected chi connectivity index (χ4v) is 1.85. The third kappa shape index (κ3) is 1.75. The number of benzene rings is 1. The Morgan fingerprint density at radius 2 is 1.92 bits per heavy atom. The molecule has 0 radical (unpaired) electrons. The van der Waals surface area contributed by atoms with Gasteiger partial charge in [0.15, 0.2) is 0 Å². The minimum atomic E-state index is 1.17. The molecule has 0 spiro atoms. The summed E-state index contributed by atoms with van der Waals surface area (Å²) in [4.78, 5) is 2.47. The van der Waals surface area contributed by atoms with Crippen LogP contribution in [-0.2, 0) is 6.42 Å². The van der Waals surface area contributed by atoms with E-state index in [1.807, 2.05) is 0 Å². The molecule has 0 heterocycles. The summed E-state index contributed by atoms with van der Waals surface area (Å²) in [5.41, 5.74) is 4.53. The molecule has 0 unspecified atom stereocenters. The summed E-state index contributed by atoms with van der Waals surface area (Å²) < 4.78 is 0. The van der Waals surface area contributed by atoms with Crippen molar-refractivity contribution in [1.82, 2.24) is 4.90 Å². The number of fused-ring (bicyclic) bond motifs is 1. The van der Waals surface area contributed by atoms with Crippen LogP contribution in [0.5, 0.6) is 0 Å². The molecule has 2 aliphatic rings. The van der Waals surface area contributed by atoms with Crippen molar-refractivity contribution in [2.24, 2.45) is 0 Å². The Hall–Kier alpha value is -0.820. The van der Waals surface area contributed by atoms with Crippen LogP contribution in [0.25, 0.3) is 11.1 Å². The van der Waals surface area contributed by atoms with Gasteiger partial charge in [0.1, 0.15) is 0 Å². The number of nitrogens with zero attached hydrogens (tertiary/aromatic N) is 1. The molecule has 0 aromatic heterocycles. The van der Waals surface area contributed by atoms with E-state index in [9.17, 15) is 0 Å². The lowest BCUT2D eigenvalue weighted by Crippen LogP contribution is -2.25. The number of hydrogen-bond acceptors (Lipinski definition) is 1. The fourth-order valence-electron chi connectivity index (χ4n) is 1.85. The summed E-state index contributed by atoms with van der Waals surface area (Å²) in [6, 6.07) is 6.78. The summed E-state index contributed by atoms with van der Waals surface area (Å²) in [5.74, 6) is 0. The maximum atomic E-state index is 2.47. The van der Waals surface area contributed by atoms with Gasteiger partial charge in [-0.05, 0) is 42.3 Å². The molecule has 0 aromatic carbocycles. The Balaban J connectivity index is 1.83. The highest BCUT2D eigenvalue weighted by Gasteiger charge is 2.16. The van der Waals surface area contributed by atoms with Crippen molar-refractivity contribution in [1.29, 1.82) is 0 Å². The van der Waals surface area contributed by atoms with Crippen molar-refractivity contribution < 1.29 is 0 Å². The SMILES string of the molecule is CCN(CC)CCc1ccc2cc1-2. The van der Waals surface area contributed by atoms with Gasteiger partial charge in [-0.25, -0.2) is 0 Å². The highest BCUT2D eigenvalue weighted by molar-refractivity contribution is 5.84. The number of hydrogen-bond donors (Lipinski definition) is 0. The molecule has 13 heavy (non-hydrogen) atoms. The van der Waals surface area contributed by atoms with E-state index in [1.54, 1.807) is 5.56 Å². The van der Waals surface area contributed by atoms with E-state index in [4.69, 9.17) is 0 Å². The summed E-state index contributed by atoms with van der Waals surface area (Å²) >= 11 is 0. The second-order valence-electron chi connectivity index (χ2n) is 3.65. The number of rotatable bonds is 5. The minimum absolute atomic E-state index is 1.17. The Morgan fingerprint density at radius 3 is 2.38 bits per heavy atom. The average Bonchev–Trinajstić information content (AvgIpc) is 2.84. The zero-order valence-electron chi connectivity index (χ0n) is 8.51. The molecule has 0 saturated heterocycles. The molecule has 0 atom stereocenters. The molecule has 0 N–H and O–H groups in total. The first kappa shape index (κ1) is 8.76. The molecule has 0 bridgehead atoms. The van der Waals surface area contributed by atoms with E-state index >= 15 is 0 Å². The summed E-state index contributed by atoms with van der Waals surface area (Å²) in [7, 11) is 0. The van der Waals surface area contributed by atoms with E-state index in [-0.39, 0.29) is 0 Å². The minimum Gasteiger partial charge on any atom is -0.304 e. The molecular weight excluding hydrogens is 158 g/mol. The van der Waals surface area contributed by atoms with Crippen LogP contribution < -0.4 is 0 Å². The molecule has 1 nitrogen and oxygen atoms in total. The number of likely N-dealkylation sites (N-methyl/N-ethyl adjacent to an activating group) is 1. The highest BCUT2D eigenvalue weighted by Crippen LogP contribution is 2.38. The third-order valence-corrected chi connectivity index (χ3v) is 2.93. The van der Waals surface area contributed by atoms with Crippen LogP contribution in [0.2, 0.25) is 0 Å². The van der Waals surface area contributed by atoms with E-state index in [1.165, 1.54) is 37.2 Å². The smallest absolute Gasteiger partial charge is 0.00218 e. The van der Waals surface area contributed by atoms with Crippen molar-refractivity contribution in [3.8, 4) is 11.1 Å². The summed E-state index contributed by atoms with van der Waals surface area (Å²) in [5, 5.41) is 0. The van der Waals surface area contributed by atoms with Crippen molar-refractivity contribution in [3.05, 3.63) is 23.8 Å². The molecule has 0 amide bonds. The maximum absolute atomic E-state index is 2.47. The second-order valence-corrected chi connectivity index (χ2v) is 3.65. The van der Waals surface area contributed by atoms with Gasteiger partial charge < -0.3 is 4.90 Å². The van der Waals surface area contributed by atoms with Crippen molar-refractivity contribution in [2.45, 2.75) is 20.3 Å². The molecule has 2 rings (SSSR count). The largest absolute Gasteiger partial charge is 0.304 e. The molecule has 2 aliphatic carbocycles. The lowest BCUT2D eigenvalue weighted by Gasteiger charge is -2.17. The normalized spacial score (nSPS) is 12.2. The quantitative estimate of drug-likeness (QED) is 0.675. The third-order valence-electron chi connectivity index (χ3n) is 2.93. The fraction of sp³-hybridized carbons (Fsp3) is 0.500. The van der Waals surface area contributed by atoms with Gasteiger partial charge in [-0.2, -0.15) is 0 Å². The lowest BCUT2D eigenvalue weighted by atomic mass is 10.2. The Labute approximate surface area is 80.4 Å². The van der Waals surface area contributed by atoms with Crippen molar-refractivity contribution >= 4 is 0 Å². The van der Waals surface area contributed by atoms with Gasteiger partial charge in [0, 0.05) is 6.54 Å². The second kappa shape index (κ2) is 3.51. The van der Waals surface area contributed by atoms with E-state index in [2.05, 4.69) is 36.9 Å². The molecule has 0 saturated carbocycles. The van der Waals surface area contributed by atoms with E-state index in [0.717, 1.165) is 0 Å². The topological polar surface area (TPSA) is 3.24 Å². The van der Waals surface area contributed by atoms with Crippen LogP contribution in [0.3, 0.4) is 0 Å². The van der Waals surface area contributed by atoms with Gasteiger partial charge in [0.25, 0.3) is 0 Å².